The van der Waals surface area contributed by atoms with Gasteiger partial charge < -0.3 is 4.74 Å². The molecular weight excluding hydrogens is 176 g/mol. The molecule has 2 rings (SSSR count). The normalized spacial score (nSPS) is 10.6. The van der Waals surface area contributed by atoms with E-state index in [2.05, 4.69) is 17.1 Å². The molecule has 74 valence electrons. The Morgan fingerprint density at radius 2 is 2.36 bits per heavy atom. The Kier molecular flexibility index (Phi) is 2.68. The van der Waals surface area contributed by atoms with Crippen molar-refractivity contribution in [2.75, 3.05) is 6.61 Å². The Labute approximate surface area is 83.1 Å². The molecule has 0 radical (unpaired) electrons. The fraction of sp³-hybridized carbons (Fsp3) is 0.364. The van der Waals surface area contributed by atoms with Crippen molar-refractivity contribution in [1.82, 2.24) is 10.2 Å². The Hall–Kier alpha value is -1.51. The molecule has 0 aliphatic heterocycles. The lowest BCUT2D eigenvalue weighted by atomic mass is 10.2. The second kappa shape index (κ2) is 4.13. The molecule has 0 atom stereocenters. The SMILES string of the molecule is CCCCOc1cccc2[nH]ncc12. The summed E-state index contributed by atoms with van der Waals surface area (Å²) in [6.07, 6.45) is 4.05. The van der Waals surface area contributed by atoms with Crippen molar-refractivity contribution in [3.05, 3.63) is 24.4 Å². The lowest BCUT2D eigenvalue weighted by Gasteiger charge is -2.05. The molecule has 0 aliphatic carbocycles. The topological polar surface area (TPSA) is 37.9 Å². The van der Waals surface area contributed by atoms with Gasteiger partial charge in [-0.1, -0.05) is 19.4 Å². The number of hydrogen-bond acceptors (Lipinski definition) is 2. The van der Waals surface area contributed by atoms with Crippen LogP contribution in [0.25, 0.3) is 10.9 Å². The third kappa shape index (κ3) is 1.71. The van der Waals surface area contributed by atoms with E-state index in [1.54, 1.807) is 6.20 Å². The molecule has 0 aliphatic rings. The summed E-state index contributed by atoms with van der Waals surface area (Å²) >= 11 is 0. The van der Waals surface area contributed by atoms with Crippen molar-refractivity contribution in [1.29, 1.82) is 0 Å². The van der Waals surface area contributed by atoms with Crippen molar-refractivity contribution in [3.63, 3.8) is 0 Å². The molecule has 0 amide bonds. The van der Waals surface area contributed by atoms with Crippen LogP contribution in [0.1, 0.15) is 19.8 Å². The number of unbranched alkanes of at least 4 members (excludes halogenated alkanes) is 1. The van der Waals surface area contributed by atoms with E-state index in [0.717, 1.165) is 36.1 Å². The predicted octanol–water partition coefficient (Wildman–Crippen LogP) is 2.74. The molecule has 14 heavy (non-hydrogen) atoms. The number of rotatable bonds is 4. The predicted molar refractivity (Wildman–Crippen MR) is 56.5 cm³/mol. The average Bonchev–Trinajstić information content (AvgIpc) is 2.67. The van der Waals surface area contributed by atoms with E-state index in [1.807, 2.05) is 18.2 Å². The van der Waals surface area contributed by atoms with E-state index in [1.165, 1.54) is 0 Å². The van der Waals surface area contributed by atoms with Crippen molar-refractivity contribution in [2.45, 2.75) is 19.8 Å². The van der Waals surface area contributed by atoms with Crippen LogP contribution in [0, 0.1) is 0 Å². The van der Waals surface area contributed by atoms with Crippen LogP contribution in [0.4, 0.5) is 0 Å². The van der Waals surface area contributed by atoms with Gasteiger partial charge in [-0.2, -0.15) is 5.10 Å². The molecule has 1 aromatic carbocycles. The molecule has 3 heteroatoms. The van der Waals surface area contributed by atoms with Gasteiger partial charge in [0.15, 0.2) is 0 Å². The molecule has 1 aromatic heterocycles. The first-order chi connectivity index (χ1) is 6.92. The van der Waals surface area contributed by atoms with Gasteiger partial charge in [-0.15, -0.1) is 0 Å². The average molecular weight is 190 g/mol. The first-order valence-corrected chi connectivity index (χ1v) is 4.96. The van der Waals surface area contributed by atoms with Crippen LogP contribution in [0.15, 0.2) is 24.4 Å². The minimum Gasteiger partial charge on any atom is -0.493 e. The largest absolute Gasteiger partial charge is 0.493 e. The molecule has 0 spiro atoms. The van der Waals surface area contributed by atoms with E-state index < -0.39 is 0 Å². The highest BCUT2D eigenvalue weighted by atomic mass is 16.5. The quantitative estimate of drug-likeness (QED) is 0.753. The summed E-state index contributed by atoms with van der Waals surface area (Å²) in [6.45, 7) is 2.93. The summed E-state index contributed by atoms with van der Waals surface area (Å²) in [5.74, 6) is 0.921. The molecule has 0 unspecified atom stereocenters. The molecule has 0 saturated carbocycles. The van der Waals surface area contributed by atoms with E-state index in [0.29, 0.717) is 0 Å². The minimum absolute atomic E-state index is 0.779. The zero-order valence-electron chi connectivity index (χ0n) is 8.29. The summed E-state index contributed by atoms with van der Waals surface area (Å²) in [6, 6.07) is 5.95. The molecule has 2 aromatic rings. The maximum absolute atomic E-state index is 5.66. The molecule has 0 fully saturated rings. The van der Waals surface area contributed by atoms with Crippen LogP contribution in [0.2, 0.25) is 0 Å². The maximum Gasteiger partial charge on any atom is 0.130 e. The van der Waals surface area contributed by atoms with Gasteiger partial charge in [0.05, 0.1) is 23.7 Å². The summed E-state index contributed by atoms with van der Waals surface area (Å²) in [5.41, 5.74) is 1.03. The number of benzene rings is 1. The van der Waals surface area contributed by atoms with E-state index >= 15 is 0 Å². The number of H-pyrrole nitrogens is 1. The van der Waals surface area contributed by atoms with Crippen LogP contribution >= 0.6 is 0 Å². The third-order valence-electron chi connectivity index (χ3n) is 2.20. The van der Waals surface area contributed by atoms with Gasteiger partial charge in [0.25, 0.3) is 0 Å². The molecule has 1 N–H and O–H groups in total. The highest BCUT2D eigenvalue weighted by Gasteiger charge is 2.02. The summed E-state index contributed by atoms with van der Waals surface area (Å²) in [5, 5.41) is 7.96. The standard InChI is InChI=1S/C11H14N2O/c1-2-3-7-14-11-6-4-5-10-9(11)8-12-13-10/h4-6,8H,2-3,7H2,1H3,(H,12,13). The second-order valence-electron chi connectivity index (χ2n) is 3.29. The van der Waals surface area contributed by atoms with Crippen LogP contribution in [-0.2, 0) is 0 Å². The minimum atomic E-state index is 0.779. The van der Waals surface area contributed by atoms with Gasteiger partial charge in [-0.3, -0.25) is 5.10 Å². The summed E-state index contributed by atoms with van der Waals surface area (Å²) in [7, 11) is 0. The van der Waals surface area contributed by atoms with Gasteiger partial charge in [-0.25, -0.2) is 0 Å². The zero-order chi connectivity index (χ0) is 9.80. The lowest BCUT2D eigenvalue weighted by Crippen LogP contribution is -1.96. The number of fused-ring (bicyclic) bond motifs is 1. The van der Waals surface area contributed by atoms with Gasteiger partial charge in [-0.05, 0) is 18.6 Å². The van der Waals surface area contributed by atoms with Crippen molar-refractivity contribution in [3.8, 4) is 5.75 Å². The fourth-order valence-corrected chi connectivity index (χ4v) is 1.39. The molecule has 0 saturated heterocycles. The van der Waals surface area contributed by atoms with Crippen LogP contribution < -0.4 is 4.74 Å². The summed E-state index contributed by atoms with van der Waals surface area (Å²) < 4.78 is 5.66. The van der Waals surface area contributed by atoms with Crippen molar-refractivity contribution >= 4 is 10.9 Å². The molecule has 1 heterocycles. The number of aromatic nitrogens is 2. The number of ether oxygens (including phenoxy) is 1. The van der Waals surface area contributed by atoms with Gasteiger partial charge in [0.2, 0.25) is 0 Å². The van der Waals surface area contributed by atoms with Gasteiger partial charge >= 0.3 is 0 Å². The number of nitrogens with zero attached hydrogens (tertiary/aromatic N) is 1. The number of aromatic amines is 1. The van der Waals surface area contributed by atoms with Crippen LogP contribution in [0.5, 0.6) is 5.75 Å². The Bertz CT molecular complexity index is 408. The van der Waals surface area contributed by atoms with Crippen LogP contribution in [-0.4, -0.2) is 16.8 Å². The fourth-order valence-electron chi connectivity index (χ4n) is 1.39. The van der Waals surface area contributed by atoms with E-state index in [9.17, 15) is 0 Å². The third-order valence-corrected chi connectivity index (χ3v) is 2.20. The zero-order valence-corrected chi connectivity index (χ0v) is 8.29. The van der Waals surface area contributed by atoms with E-state index in [-0.39, 0.29) is 0 Å². The highest BCUT2D eigenvalue weighted by Crippen LogP contribution is 2.23. The molecule has 0 bridgehead atoms. The Morgan fingerprint density at radius 1 is 1.43 bits per heavy atom. The maximum atomic E-state index is 5.66. The molecule has 3 nitrogen and oxygen atoms in total. The number of nitrogens with one attached hydrogen (secondary N) is 1. The molecular formula is C11H14N2O. The Morgan fingerprint density at radius 3 is 3.21 bits per heavy atom. The van der Waals surface area contributed by atoms with Gasteiger partial charge in [0, 0.05) is 0 Å². The van der Waals surface area contributed by atoms with Gasteiger partial charge in [0.1, 0.15) is 5.75 Å². The first-order valence-electron chi connectivity index (χ1n) is 4.96. The monoisotopic (exact) mass is 190 g/mol. The van der Waals surface area contributed by atoms with Crippen LogP contribution in [0.3, 0.4) is 0 Å². The number of hydrogen-bond donors (Lipinski definition) is 1. The van der Waals surface area contributed by atoms with Crippen molar-refractivity contribution in [2.24, 2.45) is 0 Å². The Balaban J connectivity index is 2.19. The van der Waals surface area contributed by atoms with E-state index in [4.69, 9.17) is 4.74 Å². The first kappa shape index (κ1) is 9.06. The lowest BCUT2D eigenvalue weighted by molar-refractivity contribution is 0.313. The second-order valence-corrected chi connectivity index (χ2v) is 3.29. The highest BCUT2D eigenvalue weighted by molar-refractivity contribution is 5.84. The van der Waals surface area contributed by atoms with Crippen molar-refractivity contribution < 1.29 is 4.74 Å². The smallest absolute Gasteiger partial charge is 0.130 e. The summed E-state index contributed by atoms with van der Waals surface area (Å²) in [4.78, 5) is 0.